The number of hydrogen-bond acceptors (Lipinski definition) is 9. The Morgan fingerprint density at radius 3 is 1.77 bits per heavy atom. The van der Waals surface area contributed by atoms with Gasteiger partial charge in [0, 0.05) is 32.7 Å². The van der Waals surface area contributed by atoms with Crippen LogP contribution >= 0.6 is 0 Å². The largest absolute Gasteiger partial charge is 0.378 e. The van der Waals surface area contributed by atoms with Crippen molar-refractivity contribution in [3.05, 3.63) is 0 Å². The molecule has 0 spiro atoms. The summed E-state index contributed by atoms with van der Waals surface area (Å²) >= 11 is 0. The van der Waals surface area contributed by atoms with Crippen molar-refractivity contribution in [1.29, 1.82) is 0 Å². The monoisotopic (exact) mass is 309 g/mol. The van der Waals surface area contributed by atoms with E-state index in [-0.39, 0.29) is 0 Å². The second-order valence-electron chi connectivity index (χ2n) is 5.22. The highest BCUT2D eigenvalue weighted by atomic mass is 16.5. The van der Waals surface area contributed by atoms with E-state index in [0.29, 0.717) is 50.8 Å². The lowest BCUT2D eigenvalue weighted by atomic mass is 10.4. The van der Waals surface area contributed by atoms with Gasteiger partial charge in [-0.05, 0) is 6.92 Å². The molecule has 2 aliphatic rings. The Hall–Kier alpha value is -1.71. The minimum Gasteiger partial charge on any atom is -0.378 e. The highest BCUT2D eigenvalue weighted by molar-refractivity contribution is 5.46. The van der Waals surface area contributed by atoms with Crippen molar-refractivity contribution in [2.45, 2.75) is 6.92 Å². The van der Waals surface area contributed by atoms with E-state index in [0.717, 1.165) is 26.2 Å². The molecule has 3 heterocycles. The fourth-order valence-electron chi connectivity index (χ4n) is 2.42. The van der Waals surface area contributed by atoms with Gasteiger partial charge < -0.3 is 19.3 Å². The van der Waals surface area contributed by atoms with Crippen LogP contribution in [0.4, 0.5) is 17.8 Å². The number of aromatic nitrogens is 3. The minimum atomic E-state index is 0.500. The van der Waals surface area contributed by atoms with Gasteiger partial charge in [-0.25, -0.2) is 5.84 Å². The van der Waals surface area contributed by atoms with E-state index in [1.807, 2.05) is 6.92 Å². The number of nitrogens with two attached hydrogens (primary N) is 1. The van der Waals surface area contributed by atoms with Crippen LogP contribution in [0.2, 0.25) is 0 Å². The van der Waals surface area contributed by atoms with Gasteiger partial charge in [0.1, 0.15) is 0 Å². The van der Waals surface area contributed by atoms with Gasteiger partial charge in [-0.15, -0.1) is 0 Å². The van der Waals surface area contributed by atoms with Gasteiger partial charge in [0.25, 0.3) is 0 Å². The van der Waals surface area contributed by atoms with Crippen molar-refractivity contribution in [3.63, 3.8) is 0 Å². The van der Waals surface area contributed by atoms with Gasteiger partial charge in [-0.3, -0.25) is 5.01 Å². The number of morpholine rings is 2. The Labute approximate surface area is 130 Å². The molecule has 1 aromatic rings. The maximum absolute atomic E-state index is 5.99. The van der Waals surface area contributed by atoms with Crippen molar-refractivity contribution in [2.75, 3.05) is 74.0 Å². The number of nitrogens with zero attached hydrogens (tertiary/aromatic N) is 6. The maximum atomic E-state index is 5.99. The van der Waals surface area contributed by atoms with Crippen LogP contribution < -0.4 is 20.7 Å². The zero-order chi connectivity index (χ0) is 15.4. The van der Waals surface area contributed by atoms with Crippen molar-refractivity contribution in [3.8, 4) is 0 Å². The summed E-state index contributed by atoms with van der Waals surface area (Å²) in [4.78, 5) is 17.9. The van der Waals surface area contributed by atoms with Crippen LogP contribution in [-0.4, -0.2) is 74.1 Å². The predicted molar refractivity (Wildman–Crippen MR) is 83.1 cm³/mol. The van der Waals surface area contributed by atoms with Crippen LogP contribution in [0.3, 0.4) is 0 Å². The molecule has 0 radical (unpaired) electrons. The molecule has 22 heavy (non-hydrogen) atoms. The van der Waals surface area contributed by atoms with Crippen molar-refractivity contribution in [2.24, 2.45) is 5.84 Å². The molecule has 1 aromatic heterocycles. The molecule has 9 heteroatoms. The number of hydrazine groups is 1. The van der Waals surface area contributed by atoms with E-state index < -0.39 is 0 Å². The van der Waals surface area contributed by atoms with Crippen LogP contribution in [-0.2, 0) is 9.47 Å². The second kappa shape index (κ2) is 7.03. The maximum Gasteiger partial charge on any atom is 0.246 e. The van der Waals surface area contributed by atoms with Gasteiger partial charge in [0.15, 0.2) is 0 Å². The number of rotatable bonds is 4. The van der Waals surface area contributed by atoms with Crippen LogP contribution in [0, 0.1) is 0 Å². The molecule has 3 rings (SSSR count). The molecule has 0 aliphatic carbocycles. The number of ether oxygens (including phenoxy) is 2. The first-order valence-electron chi connectivity index (χ1n) is 7.71. The number of hydrogen-bond donors (Lipinski definition) is 1. The molecule has 2 aliphatic heterocycles. The summed E-state index contributed by atoms with van der Waals surface area (Å²) in [6, 6.07) is 0. The van der Waals surface area contributed by atoms with Crippen molar-refractivity contribution < 1.29 is 9.47 Å². The summed E-state index contributed by atoms with van der Waals surface area (Å²) in [5.41, 5.74) is 0. The zero-order valence-corrected chi connectivity index (χ0v) is 12.9. The van der Waals surface area contributed by atoms with Crippen LogP contribution in [0.25, 0.3) is 0 Å². The quantitative estimate of drug-likeness (QED) is 0.569. The molecule has 2 N–H and O–H groups in total. The molecular formula is C13H23N7O2. The highest BCUT2D eigenvalue weighted by Gasteiger charge is 2.21. The lowest BCUT2D eigenvalue weighted by molar-refractivity contribution is 0.121. The molecule has 0 amide bonds. The minimum absolute atomic E-state index is 0.500. The lowest BCUT2D eigenvalue weighted by Gasteiger charge is -2.30. The smallest absolute Gasteiger partial charge is 0.246 e. The summed E-state index contributed by atoms with van der Waals surface area (Å²) in [5.74, 6) is 7.82. The van der Waals surface area contributed by atoms with E-state index in [1.165, 1.54) is 5.01 Å². The summed E-state index contributed by atoms with van der Waals surface area (Å²) in [6.45, 7) is 8.47. The summed E-state index contributed by atoms with van der Waals surface area (Å²) in [7, 11) is 0. The van der Waals surface area contributed by atoms with E-state index in [1.54, 1.807) is 0 Å². The van der Waals surface area contributed by atoms with Gasteiger partial charge >= 0.3 is 0 Å². The molecule has 122 valence electrons. The van der Waals surface area contributed by atoms with Crippen LogP contribution in [0.5, 0.6) is 0 Å². The molecular weight excluding hydrogens is 286 g/mol. The first kappa shape index (κ1) is 15.2. The molecule has 2 saturated heterocycles. The molecule has 0 unspecified atom stereocenters. The average molecular weight is 309 g/mol. The Kier molecular flexibility index (Phi) is 4.86. The fourth-order valence-corrected chi connectivity index (χ4v) is 2.42. The average Bonchev–Trinajstić information content (AvgIpc) is 2.62. The third kappa shape index (κ3) is 3.37. The topological polar surface area (TPSA) is 92.9 Å². The van der Waals surface area contributed by atoms with Gasteiger partial charge in [-0.2, -0.15) is 15.0 Å². The van der Waals surface area contributed by atoms with E-state index in [2.05, 4.69) is 24.8 Å². The van der Waals surface area contributed by atoms with Crippen LogP contribution in [0.1, 0.15) is 6.92 Å². The normalized spacial score (nSPS) is 19.4. The Balaban J connectivity index is 1.90. The SMILES string of the molecule is CCN(N)c1nc(N2CCOCC2)nc(N2CCOCC2)n1. The lowest BCUT2D eigenvalue weighted by Crippen LogP contribution is -2.41. The first-order valence-corrected chi connectivity index (χ1v) is 7.71. The zero-order valence-electron chi connectivity index (χ0n) is 12.9. The summed E-state index contributed by atoms with van der Waals surface area (Å²) in [5, 5.41) is 1.54. The van der Waals surface area contributed by atoms with Crippen molar-refractivity contribution in [1.82, 2.24) is 15.0 Å². The van der Waals surface area contributed by atoms with Gasteiger partial charge in [0.05, 0.1) is 26.4 Å². The Bertz CT molecular complexity index is 453. The van der Waals surface area contributed by atoms with Gasteiger partial charge in [-0.1, -0.05) is 0 Å². The van der Waals surface area contributed by atoms with E-state index >= 15 is 0 Å². The molecule has 0 aromatic carbocycles. The van der Waals surface area contributed by atoms with E-state index in [4.69, 9.17) is 15.3 Å². The summed E-state index contributed by atoms with van der Waals surface area (Å²) < 4.78 is 10.8. The Morgan fingerprint density at radius 1 is 0.909 bits per heavy atom. The predicted octanol–water partition coefficient (Wildman–Crippen LogP) is -0.755. The molecule has 2 fully saturated rings. The third-order valence-electron chi connectivity index (χ3n) is 3.79. The van der Waals surface area contributed by atoms with Gasteiger partial charge in [0.2, 0.25) is 17.8 Å². The first-order chi connectivity index (χ1) is 10.8. The summed E-state index contributed by atoms with van der Waals surface area (Å²) in [6.07, 6.45) is 0. The molecule has 0 bridgehead atoms. The second-order valence-corrected chi connectivity index (χ2v) is 5.22. The van der Waals surface area contributed by atoms with Crippen LogP contribution in [0.15, 0.2) is 0 Å². The van der Waals surface area contributed by atoms with Crippen molar-refractivity contribution >= 4 is 17.8 Å². The molecule has 0 saturated carbocycles. The molecule has 9 nitrogen and oxygen atoms in total. The fraction of sp³-hybridized carbons (Fsp3) is 0.769. The highest BCUT2D eigenvalue weighted by Crippen LogP contribution is 2.19. The standard InChI is InChI=1S/C13H23N7O2/c1-2-20(14)13-16-11(18-3-7-21-8-4-18)15-12(17-13)19-5-9-22-10-6-19/h2-10,14H2,1H3. The van der Waals surface area contributed by atoms with E-state index in [9.17, 15) is 0 Å². The third-order valence-corrected chi connectivity index (χ3v) is 3.79. The number of anilines is 3. The molecule has 0 atom stereocenters. The Morgan fingerprint density at radius 2 is 1.36 bits per heavy atom.